The second kappa shape index (κ2) is 7.67. The molecular formula is C16H23N5O3. The van der Waals surface area contributed by atoms with Crippen LogP contribution in [0.2, 0.25) is 0 Å². The summed E-state index contributed by atoms with van der Waals surface area (Å²) >= 11 is 0. The standard InChI is InChI=1S/C16H23N5O3/c1-11(15-19-17-10-21(15)3)18-16(22)20(2)9-12-6-7-13(23-4)14(8-12)24-5/h6-8,10-11H,9H2,1-5H3,(H,18,22). The highest BCUT2D eigenvalue weighted by molar-refractivity contribution is 5.74. The Kier molecular flexibility index (Phi) is 5.62. The number of hydrogen-bond donors (Lipinski definition) is 1. The van der Waals surface area contributed by atoms with Gasteiger partial charge in [-0.25, -0.2) is 4.79 Å². The molecule has 8 heteroatoms. The molecule has 0 aliphatic rings. The molecule has 130 valence electrons. The fraction of sp³-hybridized carbons (Fsp3) is 0.438. The Bertz CT molecular complexity index is 701. The van der Waals surface area contributed by atoms with Crippen LogP contribution in [0, 0.1) is 0 Å². The number of benzene rings is 1. The number of carbonyl (C=O) groups is 1. The Morgan fingerprint density at radius 2 is 2.04 bits per heavy atom. The minimum atomic E-state index is -0.238. The van der Waals surface area contributed by atoms with E-state index in [0.717, 1.165) is 5.56 Å². The van der Waals surface area contributed by atoms with E-state index < -0.39 is 0 Å². The second-order valence-corrected chi connectivity index (χ2v) is 5.52. The number of ether oxygens (including phenoxy) is 2. The van der Waals surface area contributed by atoms with Gasteiger partial charge in [0.15, 0.2) is 17.3 Å². The van der Waals surface area contributed by atoms with Gasteiger partial charge < -0.3 is 24.3 Å². The molecule has 0 saturated heterocycles. The van der Waals surface area contributed by atoms with E-state index in [4.69, 9.17) is 9.47 Å². The van der Waals surface area contributed by atoms with Crippen LogP contribution in [0.3, 0.4) is 0 Å². The quantitative estimate of drug-likeness (QED) is 0.871. The maximum atomic E-state index is 12.3. The SMILES string of the molecule is COc1ccc(CN(C)C(=O)NC(C)c2nncn2C)cc1OC. The van der Waals surface area contributed by atoms with Crippen molar-refractivity contribution in [2.75, 3.05) is 21.3 Å². The van der Waals surface area contributed by atoms with Crippen molar-refractivity contribution in [2.45, 2.75) is 19.5 Å². The molecule has 2 amide bonds. The topological polar surface area (TPSA) is 81.5 Å². The first kappa shape index (κ1) is 17.6. The summed E-state index contributed by atoms with van der Waals surface area (Å²) in [6.45, 7) is 2.31. The van der Waals surface area contributed by atoms with E-state index in [1.807, 2.05) is 32.2 Å². The predicted molar refractivity (Wildman–Crippen MR) is 89.0 cm³/mol. The highest BCUT2D eigenvalue weighted by Crippen LogP contribution is 2.27. The summed E-state index contributed by atoms with van der Waals surface area (Å²) in [6.07, 6.45) is 1.60. The molecule has 0 bridgehead atoms. The van der Waals surface area contributed by atoms with Gasteiger partial charge in [-0.3, -0.25) is 0 Å². The maximum absolute atomic E-state index is 12.3. The minimum Gasteiger partial charge on any atom is -0.493 e. The third-order valence-corrected chi connectivity index (χ3v) is 3.69. The molecule has 0 spiro atoms. The summed E-state index contributed by atoms with van der Waals surface area (Å²) in [4.78, 5) is 13.9. The Morgan fingerprint density at radius 1 is 1.33 bits per heavy atom. The molecule has 0 aliphatic heterocycles. The lowest BCUT2D eigenvalue weighted by Gasteiger charge is -2.21. The molecule has 2 rings (SSSR count). The summed E-state index contributed by atoms with van der Waals surface area (Å²) in [6, 6.07) is 5.15. The third-order valence-electron chi connectivity index (χ3n) is 3.69. The number of nitrogens with one attached hydrogen (secondary N) is 1. The van der Waals surface area contributed by atoms with Crippen LogP contribution in [-0.4, -0.2) is 47.0 Å². The van der Waals surface area contributed by atoms with Crippen LogP contribution in [0.15, 0.2) is 24.5 Å². The Balaban J connectivity index is 2.00. The van der Waals surface area contributed by atoms with Crippen LogP contribution in [-0.2, 0) is 13.6 Å². The summed E-state index contributed by atoms with van der Waals surface area (Å²) in [5, 5.41) is 10.7. The molecule has 0 radical (unpaired) electrons. The average molecular weight is 333 g/mol. The number of methoxy groups -OCH3 is 2. The first-order chi connectivity index (χ1) is 11.5. The van der Waals surface area contributed by atoms with Gasteiger partial charge in [0, 0.05) is 20.6 Å². The number of urea groups is 1. The Labute approximate surface area is 141 Å². The number of aryl methyl sites for hydroxylation is 1. The molecule has 2 aromatic rings. The Morgan fingerprint density at radius 3 is 2.62 bits per heavy atom. The van der Waals surface area contributed by atoms with Gasteiger partial charge in [-0.2, -0.15) is 0 Å². The van der Waals surface area contributed by atoms with Crippen molar-refractivity contribution >= 4 is 6.03 Å². The van der Waals surface area contributed by atoms with Gasteiger partial charge in [0.25, 0.3) is 0 Å². The number of nitrogens with zero attached hydrogens (tertiary/aromatic N) is 4. The fourth-order valence-corrected chi connectivity index (χ4v) is 2.37. The van der Waals surface area contributed by atoms with Crippen LogP contribution in [0.1, 0.15) is 24.4 Å². The minimum absolute atomic E-state index is 0.194. The molecule has 1 aromatic carbocycles. The lowest BCUT2D eigenvalue weighted by Crippen LogP contribution is -2.38. The van der Waals surface area contributed by atoms with Crippen LogP contribution in [0.4, 0.5) is 4.79 Å². The van der Waals surface area contributed by atoms with Crippen molar-refractivity contribution in [2.24, 2.45) is 7.05 Å². The van der Waals surface area contributed by atoms with Crippen LogP contribution in [0.25, 0.3) is 0 Å². The van der Waals surface area contributed by atoms with E-state index in [9.17, 15) is 4.79 Å². The molecule has 8 nitrogen and oxygen atoms in total. The zero-order valence-corrected chi connectivity index (χ0v) is 14.6. The molecular weight excluding hydrogens is 310 g/mol. The average Bonchev–Trinajstić information content (AvgIpc) is 3.00. The van der Waals surface area contributed by atoms with Gasteiger partial charge in [-0.1, -0.05) is 6.07 Å². The van der Waals surface area contributed by atoms with E-state index in [2.05, 4.69) is 15.5 Å². The summed E-state index contributed by atoms with van der Waals surface area (Å²) in [7, 11) is 6.74. The lowest BCUT2D eigenvalue weighted by molar-refractivity contribution is 0.203. The van der Waals surface area contributed by atoms with Crippen LogP contribution < -0.4 is 14.8 Å². The Hall–Kier alpha value is -2.77. The van der Waals surface area contributed by atoms with Crippen molar-refractivity contribution in [3.63, 3.8) is 0 Å². The highest BCUT2D eigenvalue weighted by atomic mass is 16.5. The molecule has 0 aliphatic carbocycles. The predicted octanol–water partition coefficient (Wildman–Crippen LogP) is 1.73. The second-order valence-electron chi connectivity index (χ2n) is 5.52. The monoisotopic (exact) mass is 333 g/mol. The van der Waals surface area contributed by atoms with Gasteiger partial charge in [0.1, 0.15) is 6.33 Å². The van der Waals surface area contributed by atoms with E-state index in [1.165, 1.54) is 0 Å². The fourth-order valence-electron chi connectivity index (χ4n) is 2.37. The van der Waals surface area contributed by atoms with E-state index >= 15 is 0 Å². The van der Waals surface area contributed by atoms with E-state index in [-0.39, 0.29) is 12.1 Å². The molecule has 1 unspecified atom stereocenters. The summed E-state index contributed by atoms with van der Waals surface area (Å²) in [5.74, 6) is 1.99. The zero-order chi connectivity index (χ0) is 17.7. The van der Waals surface area contributed by atoms with Crippen molar-refractivity contribution < 1.29 is 14.3 Å². The maximum Gasteiger partial charge on any atom is 0.318 e. The molecule has 1 heterocycles. The summed E-state index contributed by atoms with van der Waals surface area (Å²) in [5.41, 5.74) is 0.941. The number of carbonyl (C=O) groups excluding carboxylic acids is 1. The van der Waals surface area contributed by atoms with Crippen LogP contribution >= 0.6 is 0 Å². The van der Waals surface area contributed by atoms with Gasteiger partial charge in [0.05, 0.1) is 20.3 Å². The smallest absolute Gasteiger partial charge is 0.318 e. The van der Waals surface area contributed by atoms with Crippen LogP contribution in [0.5, 0.6) is 11.5 Å². The van der Waals surface area contributed by atoms with Crippen molar-refractivity contribution in [1.29, 1.82) is 0 Å². The van der Waals surface area contributed by atoms with Gasteiger partial charge >= 0.3 is 6.03 Å². The highest BCUT2D eigenvalue weighted by Gasteiger charge is 2.17. The van der Waals surface area contributed by atoms with Crippen molar-refractivity contribution in [3.8, 4) is 11.5 Å². The normalized spacial score (nSPS) is 11.7. The first-order valence-electron chi connectivity index (χ1n) is 7.52. The largest absolute Gasteiger partial charge is 0.493 e. The molecule has 1 aromatic heterocycles. The van der Waals surface area contributed by atoms with E-state index in [0.29, 0.717) is 23.9 Å². The summed E-state index contributed by atoms with van der Waals surface area (Å²) < 4.78 is 12.3. The van der Waals surface area contributed by atoms with Gasteiger partial charge in [-0.15, -0.1) is 10.2 Å². The number of rotatable bonds is 6. The third kappa shape index (κ3) is 3.95. The first-order valence-corrected chi connectivity index (χ1v) is 7.52. The van der Waals surface area contributed by atoms with E-state index in [1.54, 1.807) is 37.1 Å². The number of amides is 2. The molecule has 0 saturated carbocycles. The zero-order valence-electron chi connectivity index (χ0n) is 14.6. The van der Waals surface area contributed by atoms with Crippen molar-refractivity contribution in [3.05, 3.63) is 35.9 Å². The molecule has 1 N–H and O–H groups in total. The van der Waals surface area contributed by atoms with Gasteiger partial charge in [0.2, 0.25) is 0 Å². The van der Waals surface area contributed by atoms with Gasteiger partial charge in [-0.05, 0) is 24.6 Å². The molecule has 1 atom stereocenters. The molecule has 24 heavy (non-hydrogen) atoms. The van der Waals surface area contributed by atoms with Crippen molar-refractivity contribution in [1.82, 2.24) is 25.0 Å². The lowest BCUT2D eigenvalue weighted by atomic mass is 10.2. The molecule has 0 fully saturated rings. The number of aromatic nitrogens is 3. The number of hydrogen-bond acceptors (Lipinski definition) is 5.